The topological polar surface area (TPSA) is 87.8 Å². The molecule has 1 aliphatic rings. The lowest BCUT2D eigenvalue weighted by Gasteiger charge is -2.13. The fourth-order valence-electron chi connectivity index (χ4n) is 1.81. The molecule has 0 aliphatic carbocycles. The first kappa shape index (κ1) is 12.7. The molecular formula is C12H17N3O3. The SMILES string of the molecule is NC[C@H]1CN(c2ccc(NCCO)cc2)C(=O)O1. The van der Waals surface area contributed by atoms with Crippen LogP contribution in [0.4, 0.5) is 16.2 Å². The summed E-state index contributed by atoms with van der Waals surface area (Å²) < 4.78 is 5.09. The Bertz CT molecular complexity index is 408. The summed E-state index contributed by atoms with van der Waals surface area (Å²) in [6.07, 6.45) is -0.591. The van der Waals surface area contributed by atoms with E-state index in [0.717, 1.165) is 11.4 Å². The lowest BCUT2D eigenvalue weighted by atomic mass is 10.2. The average molecular weight is 251 g/mol. The molecule has 1 aromatic carbocycles. The number of cyclic esters (lactones) is 1. The van der Waals surface area contributed by atoms with Gasteiger partial charge in [-0.05, 0) is 24.3 Å². The maximum Gasteiger partial charge on any atom is 0.414 e. The van der Waals surface area contributed by atoms with Gasteiger partial charge in [-0.25, -0.2) is 4.79 Å². The van der Waals surface area contributed by atoms with Crippen molar-refractivity contribution >= 4 is 17.5 Å². The summed E-state index contributed by atoms with van der Waals surface area (Å²) in [4.78, 5) is 13.2. The molecule has 0 radical (unpaired) electrons. The number of ether oxygens (including phenoxy) is 1. The minimum absolute atomic E-state index is 0.0817. The van der Waals surface area contributed by atoms with Gasteiger partial charge in [-0.3, -0.25) is 4.90 Å². The molecular weight excluding hydrogens is 234 g/mol. The fourth-order valence-corrected chi connectivity index (χ4v) is 1.81. The van der Waals surface area contributed by atoms with Crippen LogP contribution in [0.2, 0.25) is 0 Å². The first-order valence-electron chi connectivity index (χ1n) is 5.87. The Balaban J connectivity index is 2.03. The molecule has 0 aromatic heterocycles. The van der Waals surface area contributed by atoms with E-state index in [2.05, 4.69) is 5.32 Å². The third-order valence-electron chi connectivity index (χ3n) is 2.76. The zero-order chi connectivity index (χ0) is 13.0. The van der Waals surface area contributed by atoms with Gasteiger partial charge in [0.25, 0.3) is 0 Å². The highest BCUT2D eigenvalue weighted by atomic mass is 16.6. The molecule has 1 aromatic rings. The number of nitrogens with two attached hydrogens (primary N) is 1. The van der Waals surface area contributed by atoms with Gasteiger partial charge in [0.1, 0.15) is 6.10 Å². The molecule has 6 nitrogen and oxygen atoms in total. The molecule has 1 amide bonds. The number of anilines is 2. The van der Waals surface area contributed by atoms with E-state index in [1.165, 1.54) is 0 Å². The second kappa shape index (κ2) is 5.70. The Morgan fingerprint density at radius 1 is 1.44 bits per heavy atom. The Kier molecular flexibility index (Phi) is 4.01. The predicted molar refractivity (Wildman–Crippen MR) is 68.7 cm³/mol. The minimum atomic E-state index is -0.360. The Morgan fingerprint density at radius 2 is 2.17 bits per heavy atom. The van der Waals surface area contributed by atoms with Gasteiger partial charge in [-0.2, -0.15) is 0 Å². The Hall–Kier alpha value is -1.79. The zero-order valence-corrected chi connectivity index (χ0v) is 10.0. The number of rotatable bonds is 5. The van der Waals surface area contributed by atoms with Crippen molar-refractivity contribution in [3.63, 3.8) is 0 Å². The van der Waals surface area contributed by atoms with Crippen LogP contribution in [0.25, 0.3) is 0 Å². The molecule has 1 fully saturated rings. The average Bonchev–Trinajstić information content (AvgIpc) is 2.78. The Labute approximate surface area is 105 Å². The number of hydrogen-bond donors (Lipinski definition) is 3. The van der Waals surface area contributed by atoms with Gasteiger partial charge in [0.2, 0.25) is 0 Å². The summed E-state index contributed by atoms with van der Waals surface area (Å²) in [5.41, 5.74) is 7.16. The van der Waals surface area contributed by atoms with Crippen LogP contribution in [0.5, 0.6) is 0 Å². The monoisotopic (exact) mass is 251 g/mol. The van der Waals surface area contributed by atoms with Crippen molar-refractivity contribution in [1.29, 1.82) is 0 Å². The number of carbonyl (C=O) groups excluding carboxylic acids is 1. The second-order valence-corrected chi connectivity index (χ2v) is 4.05. The molecule has 0 bridgehead atoms. The molecule has 0 saturated carbocycles. The van der Waals surface area contributed by atoms with Gasteiger partial charge in [0, 0.05) is 24.5 Å². The van der Waals surface area contributed by atoms with E-state index in [1.807, 2.05) is 24.3 Å². The molecule has 4 N–H and O–H groups in total. The fraction of sp³-hybridized carbons (Fsp3) is 0.417. The van der Waals surface area contributed by atoms with Crippen LogP contribution in [0.15, 0.2) is 24.3 Å². The van der Waals surface area contributed by atoms with Gasteiger partial charge in [0.05, 0.1) is 13.2 Å². The number of nitrogens with zero attached hydrogens (tertiary/aromatic N) is 1. The van der Waals surface area contributed by atoms with Crippen molar-refractivity contribution in [3.8, 4) is 0 Å². The maximum atomic E-state index is 11.6. The first-order valence-corrected chi connectivity index (χ1v) is 5.87. The largest absolute Gasteiger partial charge is 0.443 e. The quantitative estimate of drug-likeness (QED) is 0.704. The van der Waals surface area contributed by atoms with E-state index in [-0.39, 0.29) is 18.8 Å². The van der Waals surface area contributed by atoms with Crippen molar-refractivity contribution in [1.82, 2.24) is 0 Å². The Morgan fingerprint density at radius 3 is 2.72 bits per heavy atom. The lowest BCUT2D eigenvalue weighted by Crippen LogP contribution is -2.27. The third-order valence-corrected chi connectivity index (χ3v) is 2.76. The van der Waals surface area contributed by atoms with Crippen LogP contribution in [0.1, 0.15) is 0 Å². The second-order valence-electron chi connectivity index (χ2n) is 4.05. The van der Waals surface area contributed by atoms with Crippen LogP contribution >= 0.6 is 0 Å². The predicted octanol–water partition coefficient (Wildman–Crippen LogP) is 0.375. The molecule has 0 unspecified atom stereocenters. The highest BCUT2D eigenvalue weighted by Crippen LogP contribution is 2.22. The molecule has 0 spiro atoms. The van der Waals surface area contributed by atoms with Crippen molar-refractivity contribution in [2.45, 2.75) is 6.10 Å². The summed E-state index contributed by atoms with van der Waals surface area (Å²) in [5, 5.41) is 11.7. The van der Waals surface area contributed by atoms with E-state index in [9.17, 15) is 4.79 Å². The van der Waals surface area contributed by atoms with E-state index in [0.29, 0.717) is 19.6 Å². The minimum Gasteiger partial charge on any atom is -0.443 e. The number of hydrogen-bond acceptors (Lipinski definition) is 5. The highest BCUT2D eigenvalue weighted by Gasteiger charge is 2.31. The number of amides is 1. The molecule has 1 heterocycles. The van der Waals surface area contributed by atoms with Crippen LogP contribution in [-0.2, 0) is 4.74 Å². The van der Waals surface area contributed by atoms with E-state index < -0.39 is 0 Å². The van der Waals surface area contributed by atoms with Crippen LogP contribution in [-0.4, -0.2) is 43.5 Å². The van der Waals surface area contributed by atoms with Gasteiger partial charge >= 0.3 is 6.09 Å². The zero-order valence-electron chi connectivity index (χ0n) is 10.0. The number of nitrogens with one attached hydrogen (secondary N) is 1. The molecule has 18 heavy (non-hydrogen) atoms. The van der Waals surface area contributed by atoms with Crippen molar-refractivity contribution in [2.75, 3.05) is 36.5 Å². The van der Waals surface area contributed by atoms with Gasteiger partial charge in [0.15, 0.2) is 0 Å². The van der Waals surface area contributed by atoms with Crippen molar-refractivity contribution < 1.29 is 14.6 Å². The normalized spacial score (nSPS) is 18.9. The first-order chi connectivity index (χ1) is 8.74. The summed E-state index contributed by atoms with van der Waals surface area (Å²) in [5.74, 6) is 0. The smallest absolute Gasteiger partial charge is 0.414 e. The number of aliphatic hydroxyl groups excluding tert-OH is 1. The van der Waals surface area contributed by atoms with E-state index >= 15 is 0 Å². The van der Waals surface area contributed by atoms with Crippen LogP contribution in [0, 0.1) is 0 Å². The summed E-state index contributed by atoms with van der Waals surface area (Å²) >= 11 is 0. The van der Waals surface area contributed by atoms with Gasteiger partial charge in [-0.15, -0.1) is 0 Å². The molecule has 2 rings (SSSR count). The van der Waals surface area contributed by atoms with Crippen LogP contribution in [0.3, 0.4) is 0 Å². The summed E-state index contributed by atoms with van der Waals surface area (Å²) in [6, 6.07) is 7.38. The maximum absolute atomic E-state index is 11.6. The molecule has 1 aliphatic heterocycles. The third kappa shape index (κ3) is 2.72. The van der Waals surface area contributed by atoms with Gasteiger partial charge < -0.3 is 20.9 Å². The van der Waals surface area contributed by atoms with Crippen molar-refractivity contribution in [3.05, 3.63) is 24.3 Å². The molecule has 6 heteroatoms. The molecule has 1 saturated heterocycles. The number of benzene rings is 1. The highest BCUT2D eigenvalue weighted by molar-refractivity contribution is 5.89. The summed E-state index contributed by atoms with van der Waals surface area (Å²) in [7, 11) is 0. The summed E-state index contributed by atoms with van der Waals surface area (Å²) in [6.45, 7) is 1.40. The standard InChI is InChI=1S/C12H17N3O3/c13-7-11-8-15(12(17)18-11)10-3-1-9(2-4-10)14-5-6-16/h1-4,11,14,16H,5-8,13H2/t11-/m0/s1. The van der Waals surface area contributed by atoms with Crippen molar-refractivity contribution in [2.24, 2.45) is 5.73 Å². The van der Waals surface area contributed by atoms with E-state index in [4.69, 9.17) is 15.6 Å². The van der Waals surface area contributed by atoms with E-state index in [1.54, 1.807) is 4.90 Å². The number of aliphatic hydroxyl groups is 1. The molecule has 98 valence electrons. The molecule has 1 atom stereocenters. The van der Waals surface area contributed by atoms with Crippen LogP contribution < -0.4 is 16.0 Å². The number of carbonyl (C=O) groups is 1. The lowest BCUT2D eigenvalue weighted by molar-refractivity contribution is 0.145. The van der Waals surface area contributed by atoms with Gasteiger partial charge in [-0.1, -0.05) is 0 Å².